The van der Waals surface area contributed by atoms with Crippen LogP contribution in [0.25, 0.3) is 0 Å². The van der Waals surface area contributed by atoms with Crippen LogP contribution in [0.3, 0.4) is 0 Å². The van der Waals surface area contributed by atoms with Gasteiger partial charge in [-0.1, -0.05) is 0 Å². The summed E-state index contributed by atoms with van der Waals surface area (Å²) < 4.78 is 0. The third kappa shape index (κ3) is 2.54. The van der Waals surface area contributed by atoms with E-state index in [1.807, 2.05) is 9.62 Å². The van der Waals surface area contributed by atoms with Gasteiger partial charge in [0.2, 0.25) is 0 Å². The van der Waals surface area contributed by atoms with E-state index >= 15 is 0 Å². The monoisotopic (exact) mass is 188 g/mol. The Hall–Kier alpha value is 0.0499. The minimum Gasteiger partial charge on any atom is -0.353 e. The van der Waals surface area contributed by atoms with Crippen molar-refractivity contribution >= 4 is 16.0 Å². The fourth-order valence-corrected chi connectivity index (χ4v) is 2.78. The first-order chi connectivity index (χ1) is 6.75. The molecule has 2 heterocycles. The van der Waals surface area contributed by atoms with Crippen molar-refractivity contribution in [2.75, 3.05) is 26.2 Å². The summed E-state index contributed by atoms with van der Waals surface area (Å²) >= 11 is 0. The van der Waals surface area contributed by atoms with Gasteiger partial charge >= 0.3 is 0 Å². The topological polar surface area (TPSA) is 6.48 Å². The first-order valence-electron chi connectivity index (χ1n) is 5.75. The van der Waals surface area contributed by atoms with E-state index in [0.29, 0.717) is 0 Å². The van der Waals surface area contributed by atoms with Gasteiger partial charge in [-0.15, -0.1) is 0 Å². The van der Waals surface area contributed by atoms with Crippen LogP contribution in [-0.2, 0) is 0 Å². The molecule has 2 nitrogen and oxygen atoms in total. The van der Waals surface area contributed by atoms with Gasteiger partial charge in [-0.3, -0.25) is 0 Å². The second kappa shape index (κ2) is 4.71. The Bertz CT molecular complexity index is 153. The molecule has 0 saturated carbocycles. The van der Waals surface area contributed by atoms with E-state index in [2.05, 4.69) is 0 Å². The molecule has 0 bridgehead atoms. The maximum Gasteiger partial charge on any atom is 0.182 e. The minimum absolute atomic E-state index is 0.906. The first kappa shape index (κ1) is 10.6. The zero-order chi connectivity index (χ0) is 9.97. The maximum absolute atomic E-state index is 5.75. The van der Waals surface area contributed by atoms with E-state index in [4.69, 9.17) is 16.0 Å². The molecular weight excluding hydrogens is 170 g/mol. The molecule has 0 aromatic heterocycles. The van der Waals surface area contributed by atoms with Crippen molar-refractivity contribution in [1.29, 1.82) is 0 Å². The molecule has 0 unspecified atom stereocenters. The maximum atomic E-state index is 5.75. The van der Waals surface area contributed by atoms with Crippen molar-refractivity contribution in [2.24, 2.45) is 11.8 Å². The number of piperidine rings is 2. The molecule has 74 valence electrons. The van der Waals surface area contributed by atoms with Crippen molar-refractivity contribution in [3.05, 3.63) is 0 Å². The molecule has 0 spiro atoms. The predicted molar refractivity (Wildman–Crippen MR) is 60.1 cm³/mol. The summed E-state index contributed by atoms with van der Waals surface area (Å²) in [6.45, 7) is 4.31. The van der Waals surface area contributed by atoms with Gasteiger partial charge in [0, 0.05) is 0 Å². The lowest BCUT2D eigenvalue weighted by molar-refractivity contribution is 0.155. The van der Waals surface area contributed by atoms with Crippen LogP contribution >= 0.6 is 0 Å². The Morgan fingerprint density at radius 1 is 0.643 bits per heavy atom. The van der Waals surface area contributed by atoms with Crippen LogP contribution in [0.4, 0.5) is 0 Å². The smallest absolute Gasteiger partial charge is 0.182 e. The number of rotatable bonds is 1. The lowest BCUT2D eigenvalue weighted by Crippen LogP contribution is -2.39. The third-order valence-electron chi connectivity index (χ3n) is 3.82. The van der Waals surface area contributed by atoms with E-state index in [1.165, 1.54) is 25.7 Å². The summed E-state index contributed by atoms with van der Waals surface area (Å²) in [6.07, 6.45) is 5.13. The molecule has 14 heavy (non-hydrogen) atoms. The summed E-state index contributed by atoms with van der Waals surface area (Å²) in [6, 6.07) is 0. The number of hydrogen-bond donors (Lipinski definition) is 0. The average molecular weight is 188 g/mol. The van der Waals surface area contributed by atoms with Crippen LogP contribution in [-0.4, -0.2) is 51.8 Å². The highest BCUT2D eigenvalue weighted by Crippen LogP contribution is 2.31. The fourth-order valence-electron chi connectivity index (χ4n) is 2.78. The van der Waals surface area contributed by atoms with Crippen LogP contribution in [0.5, 0.6) is 0 Å². The van der Waals surface area contributed by atoms with Crippen LogP contribution < -0.4 is 0 Å². The van der Waals surface area contributed by atoms with Gasteiger partial charge in [0.15, 0.2) is 16.0 Å². The van der Waals surface area contributed by atoms with Gasteiger partial charge in [0.05, 0.1) is 0 Å². The number of hydrogen-bond acceptors (Lipinski definition) is 2. The molecule has 0 N–H and O–H groups in total. The Morgan fingerprint density at radius 2 is 0.929 bits per heavy atom. The van der Waals surface area contributed by atoms with Crippen molar-refractivity contribution < 1.29 is 0 Å². The molecule has 0 atom stereocenters. The molecule has 4 heteroatoms. The largest absolute Gasteiger partial charge is 0.353 e. The van der Waals surface area contributed by atoms with E-state index in [1.54, 1.807) is 0 Å². The highest BCUT2D eigenvalue weighted by atomic mass is 15.0. The highest BCUT2D eigenvalue weighted by Gasteiger charge is 2.27. The number of nitrogens with zero attached hydrogens (tertiary/aromatic N) is 2. The van der Waals surface area contributed by atoms with Gasteiger partial charge in [0.1, 0.15) is 0 Å². The fraction of sp³-hybridized carbons (Fsp3) is 1.00. The van der Waals surface area contributed by atoms with Crippen molar-refractivity contribution in [1.82, 2.24) is 9.62 Å². The van der Waals surface area contributed by atoms with Gasteiger partial charge in [-0.2, -0.15) is 0 Å². The van der Waals surface area contributed by atoms with Gasteiger partial charge in [-0.05, 0) is 63.7 Å². The molecule has 2 aliphatic rings. The molecule has 0 aliphatic carbocycles. The normalized spacial score (nSPS) is 29.4. The van der Waals surface area contributed by atoms with E-state index < -0.39 is 0 Å². The SMILES string of the molecule is [B]N1CCC(C2CCN([B])CC2)CC1. The first-order valence-corrected chi connectivity index (χ1v) is 5.75. The van der Waals surface area contributed by atoms with E-state index in [9.17, 15) is 0 Å². The van der Waals surface area contributed by atoms with Crippen molar-refractivity contribution in [3.63, 3.8) is 0 Å². The second-order valence-electron chi connectivity index (χ2n) is 4.75. The Kier molecular flexibility index (Phi) is 3.56. The zero-order valence-electron chi connectivity index (χ0n) is 8.86. The van der Waals surface area contributed by atoms with Crippen LogP contribution in [0.15, 0.2) is 0 Å². The molecule has 2 aliphatic heterocycles. The van der Waals surface area contributed by atoms with Gasteiger partial charge in [0.25, 0.3) is 0 Å². The van der Waals surface area contributed by atoms with Crippen LogP contribution in [0.1, 0.15) is 25.7 Å². The quantitative estimate of drug-likeness (QED) is 0.555. The molecule has 2 rings (SSSR count). The molecule has 0 aromatic carbocycles. The zero-order valence-corrected chi connectivity index (χ0v) is 8.86. The van der Waals surface area contributed by atoms with Crippen LogP contribution in [0.2, 0.25) is 0 Å². The highest BCUT2D eigenvalue weighted by molar-refractivity contribution is 6.04. The molecule has 0 aromatic rings. The average Bonchev–Trinajstić information content (AvgIpc) is 2.21. The lowest BCUT2D eigenvalue weighted by atomic mass is 9.78. The predicted octanol–water partition coefficient (Wildman–Crippen LogP) is 0.577. The van der Waals surface area contributed by atoms with Crippen LogP contribution in [0, 0.1) is 11.8 Å². The van der Waals surface area contributed by atoms with E-state index in [-0.39, 0.29) is 0 Å². The van der Waals surface area contributed by atoms with Crippen molar-refractivity contribution in [2.45, 2.75) is 25.7 Å². The summed E-state index contributed by atoms with van der Waals surface area (Å²) in [4.78, 5) is 3.91. The lowest BCUT2D eigenvalue weighted by Gasteiger charge is -2.38. The minimum atomic E-state index is 0.906. The molecule has 2 fully saturated rings. The summed E-state index contributed by atoms with van der Waals surface area (Å²) in [5, 5.41) is 0. The van der Waals surface area contributed by atoms with E-state index in [0.717, 1.165) is 38.0 Å². The molecule has 0 amide bonds. The van der Waals surface area contributed by atoms with Crippen molar-refractivity contribution in [3.8, 4) is 0 Å². The third-order valence-corrected chi connectivity index (χ3v) is 3.82. The summed E-state index contributed by atoms with van der Waals surface area (Å²) in [7, 11) is 11.5. The summed E-state index contributed by atoms with van der Waals surface area (Å²) in [5.74, 6) is 1.81. The van der Waals surface area contributed by atoms with Gasteiger partial charge < -0.3 is 9.62 Å². The van der Waals surface area contributed by atoms with Gasteiger partial charge in [-0.25, -0.2) is 0 Å². The molecule has 4 radical (unpaired) electrons. The summed E-state index contributed by atoms with van der Waals surface area (Å²) in [5.41, 5.74) is 0. The Balaban J connectivity index is 1.78. The molecular formula is C10H18B2N2. The Labute approximate surface area is 89.9 Å². The molecule has 2 saturated heterocycles. The standard InChI is InChI=1S/C10H18B2N2/c11-13-5-1-9(2-6-13)10-3-7-14(12)8-4-10/h9-10H,1-8H2. The second-order valence-corrected chi connectivity index (χ2v) is 4.75. The Morgan fingerprint density at radius 3 is 1.21 bits per heavy atom.